The average Bonchev–Trinajstić information content (AvgIpc) is 2.38. The van der Waals surface area contributed by atoms with Crippen LogP contribution in [-0.4, -0.2) is 17.5 Å². The summed E-state index contributed by atoms with van der Waals surface area (Å²) in [5.41, 5.74) is 1.19. The molecule has 1 aliphatic carbocycles. The second kappa shape index (κ2) is 6.15. The van der Waals surface area contributed by atoms with Gasteiger partial charge in [-0.25, -0.2) is 0 Å². The van der Waals surface area contributed by atoms with E-state index in [2.05, 4.69) is 19.2 Å². The highest BCUT2D eigenvalue weighted by Gasteiger charge is 2.42. The van der Waals surface area contributed by atoms with E-state index in [0.29, 0.717) is 17.9 Å². The molecule has 19 heavy (non-hydrogen) atoms. The van der Waals surface area contributed by atoms with Crippen LogP contribution in [0.1, 0.15) is 44.6 Å². The van der Waals surface area contributed by atoms with E-state index in [1.807, 2.05) is 12.1 Å². The minimum Gasteiger partial charge on any atom is -0.314 e. The second-order valence-corrected chi connectivity index (χ2v) is 5.29. The molecule has 1 aliphatic rings. The van der Waals surface area contributed by atoms with Crippen LogP contribution in [0.3, 0.4) is 0 Å². The van der Waals surface area contributed by atoms with E-state index in [-0.39, 0.29) is 10.6 Å². The number of hydrogen-bond donors (Lipinski definition) is 1. The first-order valence-electron chi connectivity index (χ1n) is 7.15. The highest BCUT2D eigenvalue weighted by molar-refractivity contribution is 5.44. The molecule has 1 fully saturated rings. The van der Waals surface area contributed by atoms with Crippen molar-refractivity contribution < 1.29 is 4.92 Å². The summed E-state index contributed by atoms with van der Waals surface area (Å²) in [6, 6.07) is 7.71. The molecule has 4 heteroatoms. The molecule has 4 nitrogen and oxygen atoms in total. The third kappa shape index (κ3) is 2.78. The summed E-state index contributed by atoms with van der Waals surface area (Å²) in [7, 11) is 0. The van der Waals surface area contributed by atoms with Crippen LogP contribution in [0.15, 0.2) is 24.3 Å². The van der Waals surface area contributed by atoms with Crippen LogP contribution in [0.4, 0.5) is 5.69 Å². The zero-order valence-corrected chi connectivity index (χ0v) is 11.6. The van der Waals surface area contributed by atoms with E-state index in [1.165, 1.54) is 0 Å². The van der Waals surface area contributed by atoms with Gasteiger partial charge >= 0.3 is 0 Å². The Balaban J connectivity index is 2.13. The lowest BCUT2D eigenvalue weighted by Crippen LogP contribution is -2.49. The Morgan fingerprint density at radius 1 is 1.37 bits per heavy atom. The summed E-state index contributed by atoms with van der Waals surface area (Å²) in [5.74, 6) is 0.855. The minimum absolute atomic E-state index is 0.255. The van der Waals surface area contributed by atoms with Crippen LogP contribution >= 0.6 is 0 Å². The van der Waals surface area contributed by atoms with Gasteiger partial charge in [0, 0.05) is 17.7 Å². The molecule has 104 valence electrons. The standard InChI is InChI=1S/C15H22N2O2/c1-3-9-16-14-10-13(11(14)4-2)12-7-5-6-8-15(12)17(18)19/h5-8,11,13-14,16H,3-4,9-10H2,1-2H3. The first-order valence-corrected chi connectivity index (χ1v) is 7.15. The van der Waals surface area contributed by atoms with Crippen molar-refractivity contribution in [2.75, 3.05) is 6.54 Å². The Bertz CT molecular complexity index is 448. The summed E-state index contributed by atoms with van der Waals surface area (Å²) >= 11 is 0. The number of hydrogen-bond acceptors (Lipinski definition) is 3. The molecule has 0 radical (unpaired) electrons. The lowest BCUT2D eigenvalue weighted by Gasteiger charge is -2.45. The van der Waals surface area contributed by atoms with Crippen LogP contribution in [0, 0.1) is 16.0 Å². The Labute approximate surface area is 114 Å². The number of nitro groups is 1. The summed E-state index contributed by atoms with van der Waals surface area (Å²) in [5, 5.41) is 14.7. The Morgan fingerprint density at radius 2 is 2.11 bits per heavy atom. The maximum Gasteiger partial charge on any atom is 0.272 e. The number of nitrogens with one attached hydrogen (secondary N) is 1. The van der Waals surface area contributed by atoms with E-state index in [1.54, 1.807) is 12.1 Å². The number of nitrogens with zero attached hydrogens (tertiary/aromatic N) is 1. The van der Waals surface area contributed by atoms with Gasteiger partial charge in [-0.2, -0.15) is 0 Å². The highest BCUT2D eigenvalue weighted by atomic mass is 16.6. The van der Waals surface area contributed by atoms with Gasteiger partial charge in [0.2, 0.25) is 0 Å². The molecule has 0 amide bonds. The molecule has 2 rings (SSSR count). The molecular weight excluding hydrogens is 240 g/mol. The van der Waals surface area contributed by atoms with E-state index < -0.39 is 0 Å². The van der Waals surface area contributed by atoms with E-state index in [9.17, 15) is 10.1 Å². The van der Waals surface area contributed by atoms with Gasteiger partial charge in [-0.15, -0.1) is 0 Å². The quantitative estimate of drug-likeness (QED) is 0.630. The molecule has 1 aromatic rings. The Hall–Kier alpha value is -1.42. The van der Waals surface area contributed by atoms with Crippen molar-refractivity contribution in [1.82, 2.24) is 5.32 Å². The second-order valence-electron chi connectivity index (χ2n) is 5.29. The average molecular weight is 262 g/mol. The summed E-state index contributed by atoms with van der Waals surface area (Å²) < 4.78 is 0. The third-order valence-electron chi connectivity index (χ3n) is 4.20. The van der Waals surface area contributed by atoms with Crippen LogP contribution in [0.5, 0.6) is 0 Å². The first kappa shape index (κ1) is 14.0. The fourth-order valence-electron chi connectivity index (χ4n) is 3.17. The number of para-hydroxylation sites is 1. The molecule has 3 unspecified atom stereocenters. The number of nitro benzene ring substituents is 1. The fourth-order valence-corrected chi connectivity index (χ4v) is 3.17. The van der Waals surface area contributed by atoms with E-state index in [4.69, 9.17) is 0 Å². The molecule has 0 heterocycles. The van der Waals surface area contributed by atoms with Gasteiger partial charge in [-0.05, 0) is 31.2 Å². The maximum atomic E-state index is 11.1. The van der Waals surface area contributed by atoms with Crippen LogP contribution in [0.2, 0.25) is 0 Å². The van der Waals surface area contributed by atoms with Gasteiger partial charge < -0.3 is 5.32 Å². The van der Waals surface area contributed by atoms with Crippen LogP contribution < -0.4 is 5.32 Å². The number of benzene rings is 1. The van der Waals surface area contributed by atoms with Crippen molar-refractivity contribution in [3.05, 3.63) is 39.9 Å². The van der Waals surface area contributed by atoms with Crippen molar-refractivity contribution in [2.24, 2.45) is 5.92 Å². The van der Waals surface area contributed by atoms with Crippen LogP contribution in [0.25, 0.3) is 0 Å². The van der Waals surface area contributed by atoms with Crippen molar-refractivity contribution in [3.63, 3.8) is 0 Å². The van der Waals surface area contributed by atoms with Crippen molar-refractivity contribution in [1.29, 1.82) is 0 Å². The van der Waals surface area contributed by atoms with Crippen molar-refractivity contribution in [2.45, 2.75) is 45.1 Å². The predicted octanol–water partition coefficient (Wildman–Crippen LogP) is 3.48. The van der Waals surface area contributed by atoms with Crippen LogP contribution in [-0.2, 0) is 0 Å². The lowest BCUT2D eigenvalue weighted by molar-refractivity contribution is -0.386. The topological polar surface area (TPSA) is 55.2 Å². The molecule has 0 spiro atoms. The summed E-state index contributed by atoms with van der Waals surface area (Å²) in [6.07, 6.45) is 3.21. The van der Waals surface area contributed by atoms with Gasteiger partial charge in [0.25, 0.3) is 5.69 Å². The molecular formula is C15H22N2O2. The molecule has 3 atom stereocenters. The Morgan fingerprint density at radius 3 is 2.74 bits per heavy atom. The third-order valence-corrected chi connectivity index (χ3v) is 4.20. The summed E-state index contributed by atoms with van der Waals surface area (Å²) in [4.78, 5) is 10.8. The lowest BCUT2D eigenvalue weighted by atomic mass is 9.64. The zero-order chi connectivity index (χ0) is 13.8. The number of rotatable bonds is 6. The normalized spacial score (nSPS) is 25.9. The SMILES string of the molecule is CCCNC1CC(c2ccccc2[N+](=O)[O-])C1CC. The van der Waals surface area contributed by atoms with Gasteiger partial charge in [0.15, 0.2) is 0 Å². The fraction of sp³-hybridized carbons (Fsp3) is 0.600. The van der Waals surface area contributed by atoms with Gasteiger partial charge in [-0.3, -0.25) is 10.1 Å². The highest BCUT2D eigenvalue weighted by Crippen LogP contribution is 2.47. The zero-order valence-electron chi connectivity index (χ0n) is 11.6. The van der Waals surface area contributed by atoms with Crippen molar-refractivity contribution >= 4 is 5.69 Å². The van der Waals surface area contributed by atoms with Gasteiger partial charge in [-0.1, -0.05) is 38.5 Å². The maximum absolute atomic E-state index is 11.1. The molecule has 1 N–H and O–H groups in total. The predicted molar refractivity (Wildman–Crippen MR) is 76.3 cm³/mol. The Kier molecular flexibility index (Phi) is 4.53. The van der Waals surface area contributed by atoms with Gasteiger partial charge in [0.1, 0.15) is 0 Å². The molecule has 0 saturated heterocycles. The molecule has 1 saturated carbocycles. The van der Waals surface area contributed by atoms with Gasteiger partial charge in [0.05, 0.1) is 4.92 Å². The summed E-state index contributed by atoms with van der Waals surface area (Å²) in [6.45, 7) is 5.36. The first-order chi connectivity index (χ1) is 9.19. The molecule has 1 aromatic carbocycles. The molecule has 0 aromatic heterocycles. The molecule has 0 aliphatic heterocycles. The minimum atomic E-state index is -0.255. The van der Waals surface area contributed by atoms with E-state index in [0.717, 1.165) is 31.4 Å². The van der Waals surface area contributed by atoms with Crippen molar-refractivity contribution in [3.8, 4) is 0 Å². The smallest absolute Gasteiger partial charge is 0.272 e. The largest absolute Gasteiger partial charge is 0.314 e. The molecule has 0 bridgehead atoms. The van der Waals surface area contributed by atoms with E-state index >= 15 is 0 Å². The monoisotopic (exact) mass is 262 g/mol.